The molecule has 1 aromatic rings. The molecule has 1 aromatic carbocycles. The van der Waals surface area contributed by atoms with Crippen molar-refractivity contribution in [1.29, 1.82) is 0 Å². The molecule has 0 bridgehead atoms. The Balaban J connectivity index is 2.24. The molecule has 0 aliphatic carbocycles. The Hall–Kier alpha value is -1.33. The standard InChI is InChI=1S/C11H10BrF3N2O4S/c12-8-3-6(1-2-9(8)21-11(13,14)15)17-5-7(4-10(17)18)22(16,19)20/h1-3,7H,4-5H2,(H2,16,19,20). The number of alkyl halides is 3. The Morgan fingerprint density at radius 3 is 2.45 bits per heavy atom. The number of hydrogen-bond donors (Lipinski definition) is 1. The van der Waals surface area contributed by atoms with Crippen LogP contribution in [0.25, 0.3) is 0 Å². The number of rotatable bonds is 3. The summed E-state index contributed by atoms with van der Waals surface area (Å²) >= 11 is 2.92. The summed E-state index contributed by atoms with van der Waals surface area (Å²) in [6.45, 7) is -0.149. The number of benzene rings is 1. The summed E-state index contributed by atoms with van der Waals surface area (Å²) in [4.78, 5) is 13.0. The molecule has 2 N–H and O–H groups in total. The molecule has 1 aliphatic heterocycles. The van der Waals surface area contributed by atoms with Gasteiger partial charge in [-0.1, -0.05) is 0 Å². The van der Waals surface area contributed by atoms with Crippen molar-refractivity contribution in [2.24, 2.45) is 5.14 Å². The van der Waals surface area contributed by atoms with Crippen LogP contribution in [0.1, 0.15) is 6.42 Å². The molecule has 1 atom stereocenters. The molecule has 2 rings (SSSR count). The Morgan fingerprint density at radius 2 is 2.00 bits per heavy atom. The molecule has 0 aromatic heterocycles. The fourth-order valence-electron chi connectivity index (χ4n) is 2.01. The van der Waals surface area contributed by atoms with Gasteiger partial charge in [-0.3, -0.25) is 4.79 Å². The maximum absolute atomic E-state index is 12.2. The van der Waals surface area contributed by atoms with Gasteiger partial charge in [0.2, 0.25) is 15.9 Å². The second-order valence-corrected chi connectivity index (χ2v) is 7.28. The molecule has 6 nitrogen and oxygen atoms in total. The van der Waals surface area contributed by atoms with Crippen LogP contribution in [0.2, 0.25) is 0 Å². The third kappa shape index (κ3) is 3.90. The highest BCUT2D eigenvalue weighted by Gasteiger charge is 2.37. The zero-order chi connectivity index (χ0) is 16.7. The van der Waals surface area contributed by atoms with E-state index in [-0.39, 0.29) is 23.1 Å². The van der Waals surface area contributed by atoms with E-state index in [1.54, 1.807) is 0 Å². The predicted molar refractivity (Wildman–Crippen MR) is 74.7 cm³/mol. The molecule has 1 aliphatic rings. The third-order valence-corrected chi connectivity index (χ3v) is 4.87. The van der Waals surface area contributed by atoms with Gasteiger partial charge in [-0.05, 0) is 34.1 Å². The van der Waals surface area contributed by atoms with Gasteiger partial charge >= 0.3 is 6.36 Å². The zero-order valence-corrected chi connectivity index (χ0v) is 13.2. The van der Waals surface area contributed by atoms with Crippen molar-refractivity contribution in [3.63, 3.8) is 0 Å². The van der Waals surface area contributed by atoms with Crippen molar-refractivity contribution in [1.82, 2.24) is 0 Å². The van der Waals surface area contributed by atoms with E-state index in [9.17, 15) is 26.4 Å². The number of primary sulfonamides is 1. The van der Waals surface area contributed by atoms with Crippen LogP contribution >= 0.6 is 15.9 Å². The highest BCUT2D eigenvalue weighted by atomic mass is 79.9. The van der Waals surface area contributed by atoms with Crippen LogP contribution in [0, 0.1) is 0 Å². The SMILES string of the molecule is NS(=O)(=O)C1CC(=O)N(c2ccc(OC(F)(F)F)c(Br)c2)C1. The molecule has 122 valence electrons. The van der Waals surface area contributed by atoms with Gasteiger partial charge < -0.3 is 9.64 Å². The van der Waals surface area contributed by atoms with Crippen molar-refractivity contribution in [3.05, 3.63) is 22.7 Å². The van der Waals surface area contributed by atoms with Gasteiger partial charge in [0, 0.05) is 18.7 Å². The third-order valence-electron chi connectivity index (χ3n) is 3.01. The van der Waals surface area contributed by atoms with E-state index in [0.29, 0.717) is 0 Å². The first-order valence-corrected chi connectivity index (χ1v) is 8.25. The van der Waals surface area contributed by atoms with E-state index >= 15 is 0 Å². The maximum Gasteiger partial charge on any atom is 0.573 e. The normalized spacial score (nSPS) is 19.6. The van der Waals surface area contributed by atoms with Crippen LogP contribution in [0.4, 0.5) is 18.9 Å². The lowest BCUT2D eigenvalue weighted by Gasteiger charge is -2.18. The topological polar surface area (TPSA) is 89.7 Å². The number of anilines is 1. The second-order valence-electron chi connectivity index (χ2n) is 4.58. The van der Waals surface area contributed by atoms with Crippen molar-refractivity contribution in [2.75, 3.05) is 11.4 Å². The number of carbonyl (C=O) groups excluding carboxylic acids is 1. The lowest BCUT2D eigenvalue weighted by molar-refractivity contribution is -0.274. The largest absolute Gasteiger partial charge is 0.573 e. The van der Waals surface area contributed by atoms with E-state index in [4.69, 9.17) is 5.14 Å². The molecule has 0 saturated carbocycles. The summed E-state index contributed by atoms with van der Waals surface area (Å²) in [6.07, 6.45) is -5.11. The molecule has 1 fully saturated rings. The smallest absolute Gasteiger partial charge is 0.405 e. The number of hydrogen-bond acceptors (Lipinski definition) is 4. The van der Waals surface area contributed by atoms with Crippen LogP contribution in [-0.4, -0.2) is 32.5 Å². The lowest BCUT2D eigenvalue weighted by atomic mass is 10.3. The first-order valence-electron chi connectivity index (χ1n) is 5.84. The average Bonchev–Trinajstić information content (AvgIpc) is 2.72. The minimum Gasteiger partial charge on any atom is -0.405 e. The number of carbonyl (C=O) groups is 1. The minimum atomic E-state index is -4.84. The van der Waals surface area contributed by atoms with E-state index in [1.807, 2.05) is 0 Å². The summed E-state index contributed by atoms with van der Waals surface area (Å²) < 4.78 is 62.9. The van der Waals surface area contributed by atoms with E-state index < -0.39 is 33.3 Å². The summed E-state index contributed by atoms with van der Waals surface area (Å²) in [7, 11) is -3.87. The highest BCUT2D eigenvalue weighted by Crippen LogP contribution is 2.35. The number of nitrogens with two attached hydrogens (primary N) is 1. The van der Waals surface area contributed by atoms with E-state index in [0.717, 1.165) is 11.0 Å². The Bertz CT molecular complexity index is 708. The van der Waals surface area contributed by atoms with Gasteiger partial charge in [0.25, 0.3) is 0 Å². The molecule has 1 unspecified atom stereocenters. The van der Waals surface area contributed by atoms with Gasteiger partial charge in [0.15, 0.2) is 0 Å². The number of ether oxygens (including phenoxy) is 1. The maximum atomic E-state index is 12.2. The number of nitrogens with zero attached hydrogens (tertiary/aromatic N) is 1. The molecule has 0 radical (unpaired) electrons. The lowest BCUT2D eigenvalue weighted by Crippen LogP contribution is -2.32. The summed E-state index contributed by atoms with van der Waals surface area (Å²) in [5.41, 5.74) is 0.248. The van der Waals surface area contributed by atoms with Crippen LogP contribution in [0.3, 0.4) is 0 Å². The Labute approximate surface area is 132 Å². The Morgan fingerprint density at radius 1 is 1.36 bits per heavy atom. The van der Waals surface area contributed by atoms with Gasteiger partial charge in [0.05, 0.1) is 4.47 Å². The van der Waals surface area contributed by atoms with E-state index in [2.05, 4.69) is 20.7 Å². The molecule has 0 spiro atoms. The molecular weight excluding hydrogens is 393 g/mol. The number of amides is 1. The van der Waals surface area contributed by atoms with Gasteiger partial charge in [-0.2, -0.15) is 0 Å². The van der Waals surface area contributed by atoms with Crippen LogP contribution < -0.4 is 14.8 Å². The minimum absolute atomic E-state index is 0.0193. The number of sulfonamides is 1. The van der Waals surface area contributed by atoms with Gasteiger partial charge in [0.1, 0.15) is 11.0 Å². The number of halogens is 4. The zero-order valence-electron chi connectivity index (χ0n) is 10.8. The molecule has 1 amide bonds. The fraction of sp³-hybridized carbons (Fsp3) is 0.364. The van der Waals surface area contributed by atoms with Crippen LogP contribution in [-0.2, 0) is 14.8 Å². The van der Waals surface area contributed by atoms with E-state index in [1.165, 1.54) is 12.1 Å². The van der Waals surface area contributed by atoms with Crippen LogP contribution in [0.15, 0.2) is 22.7 Å². The highest BCUT2D eigenvalue weighted by molar-refractivity contribution is 9.10. The van der Waals surface area contributed by atoms with Gasteiger partial charge in [-0.15, -0.1) is 13.2 Å². The van der Waals surface area contributed by atoms with Crippen LogP contribution in [0.5, 0.6) is 5.75 Å². The Kier molecular flexibility index (Phi) is 4.42. The first-order chi connectivity index (χ1) is 9.97. The predicted octanol–water partition coefficient (Wildman–Crippen LogP) is 1.74. The van der Waals surface area contributed by atoms with Crippen molar-refractivity contribution in [2.45, 2.75) is 18.0 Å². The molecule has 22 heavy (non-hydrogen) atoms. The fourth-order valence-corrected chi connectivity index (χ4v) is 3.19. The quantitative estimate of drug-likeness (QED) is 0.833. The second kappa shape index (κ2) is 5.70. The first kappa shape index (κ1) is 17.0. The molecule has 11 heteroatoms. The van der Waals surface area contributed by atoms with Crippen molar-refractivity contribution in [3.8, 4) is 5.75 Å². The monoisotopic (exact) mass is 402 g/mol. The summed E-state index contributed by atoms with van der Waals surface area (Å²) in [5, 5.41) is 3.97. The van der Waals surface area contributed by atoms with Crippen molar-refractivity contribution >= 4 is 37.5 Å². The summed E-state index contributed by atoms with van der Waals surface area (Å²) in [6, 6.07) is 3.50. The van der Waals surface area contributed by atoms with Gasteiger partial charge in [-0.25, -0.2) is 13.6 Å². The molecule has 1 saturated heterocycles. The molecular formula is C11H10BrF3N2O4S. The van der Waals surface area contributed by atoms with Crippen molar-refractivity contribution < 1.29 is 31.1 Å². The average molecular weight is 403 g/mol. The summed E-state index contributed by atoms with van der Waals surface area (Å²) in [5.74, 6) is -0.943. The molecule has 1 heterocycles.